The van der Waals surface area contributed by atoms with Crippen LogP contribution >= 0.6 is 22.9 Å². The lowest BCUT2D eigenvalue weighted by Crippen LogP contribution is -2.32. The molecule has 0 bridgehead atoms. The Morgan fingerprint density at radius 3 is 2.46 bits per heavy atom. The topological polar surface area (TPSA) is 172 Å². The van der Waals surface area contributed by atoms with E-state index in [4.69, 9.17) is 35.5 Å². The molecule has 7 rings (SSSR count). The second-order valence-corrected chi connectivity index (χ2v) is 25.7. The molecule has 3 aromatic heterocycles. The molecule has 0 saturated heterocycles. The van der Waals surface area contributed by atoms with E-state index in [1.54, 1.807) is 62.7 Å². The van der Waals surface area contributed by atoms with Gasteiger partial charge in [-0.3, -0.25) is 0 Å². The van der Waals surface area contributed by atoms with Crippen LogP contribution in [0.3, 0.4) is 0 Å². The van der Waals surface area contributed by atoms with Crippen molar-refractivity contribution in [1.29, 1.82) is 0 Å². The molecular formula is C49H51ClFN5O8S2Si. The number of aliphatic hydroxyl groups excluding tert-OH is 1. The number of benzene rings is 4. The fourth-order valence-corrected chi connectivity index (χ4v) is 11.0. The summed E-state index contributed by atoms with van der Waals surface area (Å²) in [7, 11) is -3.69. The highest BCUT2D eigenvalue weighted by Gasteiger charge is 2.30. The number of hydrogen-bond acceptors (Lipinski definition) is 13. The minimum absolute atomic E-state index is 0.00751. The van der Waals surface area contributed by atoms with E-state index in [9.17, 15) is 22.7 Å². The quantitative estimate of drug-likeness (QED) is 0.0548. The summed E-state index contributed by atoms with van der Waals surface area (Å²) >= 11 is 8.13. The summed E-state index contributed by atoms with van der Waals surface area (Å²) in [6.45, 7) is 10.1. The Morgan fingerprint density at radius 2 is 1.73 bits per heavy atom. The summed E-state index contributed by atoms with van der Waals surface area (Å²) in [5.41, 5.74) is 5.36. The SMILES string of the molecule is CCOC(=O)C(Cc1cc(CS(=O)(=O)NCC[Si](C)(C)C)ccc1OCc1ccnc(-c2ccccc2OC)n1)Oc1ncnc2sc(-c3ccc(F)cc3)c(-c3ccc(CO)c(Cl)c3C)c12. The van der Waals surface area contributed by atoms with Crippen molar-refractivity contribution in [3.63, 3.8) is 0 Å². The van der Waals surface area contributed by atoms with Crippen LogP contribution in [0.25, 0.3) is 43.2 Å². The second-order valence-electron chi connectivity index (χ2n) is 16.9. The van der Waals surface area contributed by atoms with Crippen molar-refractivity contribution in [2.75, 3.05) is 20.3 Å². The summed E-state index contributed by atoms with van der Waals surface area (Å²) in [5, 5.41) is 10.9. The molecule has 0 radical (unpaired) electrons. The molecule has 0 aliphatic carbocycles. The fourth-order valence-electron chi connectivity index (χ4n) is 7.40. The number of carbonyl (C=O) groups is 1. The highest BCUT2D eigenvalue weighted by Crippen LogP contribution is 2.49. The summed E-state index contributed by atoms with van der Waals surface area (Å²) in [6, 6.07) is 24.6. The number of thiophene rings is 1. The van der Waals surface area contributed by atoms with Crippen LogP contribution in [0, 0.1) is 12.7 Å². The van der Waals surface area contributed by atoms with Gasteiger partial charge in [-0.25, -0.2) is 42.3 Å². The molecule has 1 atom stereocenters. The first-order valence-corrected chi connectivity index (χ1v) is 28.1. The van der Waals surface area contributed by atoms with Gasteiger partial charge in [-0.05, 0) is 89.7 Å². The first kappa shape index (κ1) is 49.1. The Morgan fingerprint density at radius 1 is 0.955 bits per heavy atom. The van der Waals surface area contributed by atoms with E-state index in [1.807, 2.05) is 37.3 Å². The summed E-state index contributed by atoms with van der Waals surface area (Å²) in [4.78, 5) is 33.7. The van der Waals surface area contributed by atoms with Gasteiger partial charge >= 0.3 is 5.97 Å². The molecule has 13 nitrogen and oxygen atoms in total. The number of hydrogen-bond donors (Lipinski definition) is 2. The van der Waals surface area contributed by atoms with Gasteiger partial charge in [0, 0.05) is 42.7 Å². The number of nitrogens with zero attached hydrogens (tertiary/aromatic N) is 4. The number of esters is 1. The van der Waals surface area contributed by atoms with Crippen LogP contribution in [0.2, 0.25) is 30.7 Å². The summed E-state index contributed by atoms with van der Waals surface area (Å²) in [6.07, 6.45) is 1.50. The van der Waals surface area contributed by atoms with E-state index in [0.717, 1.165) is 6.04 Å². The summed E-state index contributed by atoms with van der Waals surface area (Å²) < 4.78 is 68.0. The molecule has 350 valence electrons. The Balaban J connectivity index is 1.30. The monoisotopic (exact) mass is 983 g/mol. The number of carbonyl (C=O) groups excluding carboxylic acids is 1. The number of fused-ring (bicyclic) bond motifs is 1. The van der Waals surface area contributed by atoms with Gasteiger partial charge in [-0.1, -0.05) is 79.8 Å². The predicted octanol–water partition coefficient (Wildman–Crippen LogP) is 9.97. The van der Waals surface area contributed by atoms with Crippen molar-refractivity contribution in [3.8, 4) is 50.3 Å². The lowest BCUT2D eigenvalue weighted by atomic mass is 9.94. The number of aromatic nitrogens is 4. The van der Waals surface area contributed by atoms with Crippen LogP contribution in [0.1, 0.15) is 34.9 Å². The smallest absolute Gasteiger partial charge is 0.347 e. The highest BCUT2D eigenvalue weighted by molar-refractivity contribution is 7.88. The second kappa shape index (κ2) is 21.4. The van der Waals surface area contributed by atoms with Gasteiger partial charge in [-0.15, -0.1) is 11.3 Å². The molecule has 4 aromatic carbocycles. The predicted molar refractivity (Wildman–Crippen MR) is 262 cm³/mol. The van der Waals surface area contributed by atoms with Crippen LogP contribution in [-0.4, -0.2) is 73.9 Å². The number of methoxy groups -OCH3 is 1. The van der Waals surface area contributed by atoms with E-state index < -0.39 is 36.0 Å². The molecule has 0 aliphatic rings. The zero-order valence-corrected chi connectivity index (χ0v) is 41.3. The third kappa shape index (κ3) is 12.0. The lowest BCUT2D eigenvalue weighted by molar-refractivity contribution is -0.151. The molecule has 0 saturated carbocycles. The standard InChI is InChI=1S/C49H51ClFN5O8S2Si/c1-7-62-49(58)41(64-47-43-42(37-18-15-33(26-57)44(50)30(37)2)45(65-48(43)54-29-53-47)32-13-16-35(51)17-14-32)25-34-24-31(28-66(59,60)55-22-23-67(4,5)6)12-19-39(34)63-27-36-20-21-52-46(56-36)38-10-8-9-11-40(38)61-3/h8-21,24,29,41,55,57H,7,22-23,25-28H2,1-6H3. The maximum atomic E-state index is 14.2. The van der Waals surface area contributed by atoms with Gasteiger partial charge in [0.15, 0.2) is 5.82 Å². The molecule has 3 heterocycles. The van der Waals surface area contributed by atoms with E-state index in [2.05, 4.69) is 39.3 Å². The Hall–Kier alpha value is -5.82. The Labute approximate surface area is 399 Å². The normalized spacial score (nSPS) is 12.3. The molecule has 0 fully saturated rings. The minimum Gasteiger partial charge on any atom is -0.496 e. The molecule has 67 heavy (non-hydrogen) atoms. The zero-order valence-electron chi connectivity index (χ0n) is 37.9. The molecule has 2 N–H and O–H groups in total. The van der Waals surface area contributed by atoms with Gasteiger partial charge in [0.1, 0.15) is 35.1 Å². The molecule has 0 spiro atoms. The van der Waals surface area contributed by atoms with E-state index in [0.29, 0.717) is 94.2 Å². The molecule has 7 aromatic rings. The maximum absolute atomic E-state index is 14.2. The average molecular weight is 985 g/mol. The number of aliphatic hydroxyl groups is 1. The fraction of sp³-hybridized carbons (Fsp3) is 0.286. The van der Waals surface area contributed by atoms with Crippen molar-refractivity contribution in [2.45, 2.75) is 71.0 Å². The van der Waals surface area contributed by atoms with Crippen molar-refractivity contribution in [3.05, 3.63) is 136 Å². The van der Waals surface area contributed by atoms with E-state index in [-0.39, 0.29) is 37.9 Å². The average Bonchev–Trinajstić information content (AvgIpc) is 3.69. The van der Waals surface area contributed by atoms with E-state index >= 15 is 0 Å². The maximum Gasteiger partial charge on any atom is 0.347 e. The number of halogens is 2. The number of nitrogens with one attached hydrogen (secondary N) is 1. The molecule has 0 amide bonds. The van der Waals surface area contributed by atoms with Crippen molar-refractivity contribution in [1.82, 2.24) is 24.7 Å². The minimum atomic E-state index is -3.75. The lowest BCUT2D eigenvalue weighted by Gasteiger charge is -2.21. The van der Waals surface area contributed by atoms with Crippen LogP contribution in [0.4, 0.5) is 4.39 Å². The third-order valence-electron chi connectivity index (χ3n) is 10.8. The van der Waals surface area contributed by atoms with Crippen molar-refractivity contribution in [2.24, 2.45) is 0 Å². The van der Waals surface area contributed by atoms with E-state index in [1.165, 1.54) is 29.8 Å². The van der Waals surface area contributed by atoms with Crippen LogP contribution in [0.15, 0.2) is 97.5 Å². The molecule has 18 heteroatoms. The zero-order chi connectivity index (χ0) is 47.9. The van der Waals surface area contributed by atoms with Gasteiger partial charge in [0.25, 0.3) is 0 Å². The van der Waals surface area contributed by atoms with Gasteiger partial charge in [-0.2, -0.15) is 0 Å². The number of ether oxygens (including phenoxy) is 4. The first-order chi connectivity index (χ1) is 32.1. The van der Waals surface area contributed by atoms with Gasteiger partial charge in [0.05, 0.1) is 42.7 Å². The van der Waals surface area contributed by atoms with Gasteiger partial charge < -0.3 is 24.1 Å². The van der Waals surface area contributed by atoms with Crippen LogP contribution in [0.5, 0.6) is 17.4 Å². The Kier molecular flexibility index (Phi) is 15.7. The molecular weight excluding hydrogens is 933 g/mol. The van der Waals surface area contributed by atoms with Crippen molar-refractivity contribution < 1.29 is 41.7 Å². The van der Waals surface area contributed by atoms with Crippen LogP contribution in [-0.2, 0) is 44.9 Å². The number of rotatable bonds is 20. The van der Waals surface area contributed by atoms with Crippen LogP contribution < -0.4 is 18.9 Å². The summed E-state index contributed by atoms with van der Waals surface area (Å²) in [5.74, 6) is 0.0166. The highest BCUT2D eigenvalue weighted by atomic mass is 35.5. The third-order valence-corrected chi connectivity index (χ3v) is 15.6. The Bertz CT molecular complexity index is 3010. The number of sulfonamides is 1. The largest absolute Gasteiger partial charge is 0.496 e. The van der Waals surface area contributed by atoms with Gasteiger partial charge in [0.2, 0.25) is 22.0 Å². The van der Waals surface area contributed by atoms with Crippen molar-refractivity contribution >= 4 is 57.2 Å². The molecule has 1 unspecified atom stereocenters. The first-order valence-electron chi connectivity index (χ1n) is 21.5. The number of para-hydroxylation sites is 1. The molecule has 0 aliphatic heterocycles.